The number of hydrogen-bond acceptors (Lipinski definition) is 4. The molecule has 260 valence electrons. The van der Waals surface area contributed by atoms with Crippen molar-refractivity contribution in [3.05, 3.63) is 140 Å². The number of nitrogens with zero attached hydrogens (tertiary/aromatic N) is 4. The molecule has 4 heterocycles. The molecule has 0 aliphatic heterocycles. The summed E-state index contributed by atoms with van der Waals surface area (Å²) in [5.74, 6) is 1.59. The molecule has 8 rings (SSSR count). The van der Waals surface area contributed by atoms with E-state index in [1.807, 2.05) is 57.3 Å². The van der Waals surface area contributed by atoms with Crippen LogP contribution in [-0.2, 0) is 0 Å². The molecule has 0 bridgehead atoms. The predicted molar refractivity (Wildman–Crippen MR) is 203 cm³/mol. The van der Waals surface area contributed by atoms with Gasteiger partial charge in [0, 0.05) is 20.1 Å². The maximum atomic E-state index is 11.0. The van der Waals surface area contributed by atoms with E-state index in [0.717, 1.165) is 83.8 Å². The molecular formula is C40H40Cl4N4O2. The predicted octanol–water partition coefficient (Wildman–Crippen LogP) is 11.3. The fourth-order valence-electron chi connectivity index (χ4n) is 7.99. The molecule has 2 aromatic carbocycles. The molecule has 0 unspecified atom stereocenters. The molecule has 10 heteroatoms. The summed E-state index contributed by atoms with van der Waals surface area (Å²) in [6.07, 6.45) is 14.3. The number of imidazole rings is 2. The molecular weight excluding hydrogens is 710 g/mol. The first-order valence-corrected chi connectivity index (χ1v) is 18.8. The molecule has 0 spiro atoms. The van der Waals surface area contributed by atoms with Crippen LogP contribution in [0.1, 0.15) is 97.9 Å². The molecule has 0 amide bonds. The number of benzene rings is 2. The molecule has 2 atom stereocenters. The van der Waals surface area contributed by atoms with Crippen molar-refractivity contribution in [2.75, 3.05) is 0 Å². The molecule has 0 radical (unpaired) electrons. The van der Waals surface area contributed by atoms with Gasteiger partial charge in [-0.15, -0.1) is 0 Å². The lowest BCUT2D eigenvalue weighted by Crippen LogP contribution is -2.21. The summed E-state index contributed by atoms with van der Waals surface area (Å²) in [7, 11) is 0. The standard InChI is InChI=1S/2C20H20Cl2N2O/c2*21-16-7-5-14(6-8-16)13-1-3-15(4-2-13)20(25)19-10-17(22)9-18-11-23-12-24(18)19/h2*5-13,15,20,25H,1-4H2/t2*13?,15?,20-/m10/s1. The van der Waals surface area contributed by atoms with Gasteiger partial charge in [0.2, 0.25) is 0 Å². The molecule has 50 heavy (non-hydrogen) atoms. The Hall–Kier alpha value is -3.10. The van der Waals surface area contributed by atoms with Gasteiger partial charge in [-0.2, -0.15) is 0 Å². The maximum absolute atomic E-state index is 11.0. The highest BCUT2D eigenvalue weighted by Crippen LogP contribution is 2.43. The number of aliphatic hydroxyl groups is 2. The number of halogens is 4. The van der Waals surface area contributed by atoms with Crippen LogP contribution in [0.15, 0.2) is 97.8 Å². The molecule has 2 N–H and O–H groups in total. The zero-order valence-corrected chi connectivity index (χ0v) is 30.6. The Morgan fingerprint density at radius 1 is 0.500 bits per heavy atom. The smallest absolute Gasteiger partial charge is 0.0995 e. The Morgan fingerprint density at radius 3 is 1.22 bits per heavy atom. The van der Waals surface area contributed by atoms with E-state index in [1.54, 1.807) is 25.0 Å². The van der Waals surface area contributed by atoms with Gasteiger partial charge in [0.15, 0.2) is 0 Å². The van der Waals surface area contributed by atoms with E-state index in [2.05, 4.69) is 34.2 Å². The number of hydrogen-bond donors (Lipinski definition) is 2. The van der Waals surface area contributed by atoms with Crippen molar-refractivity contribution in [3.63, 3.8) is 0 Å². The fourth-order valence-corrected chi connectivity index (χ4v) is 8.69. The summed E-state index contributed by atoms with van der Waals surface area (Å²) >= 11 is 24.4. The maximum Gasteiger partial charge on any atom is 0.0995 e. The highest BCUT2D eigenvalue weighted by Gasteiger charge is 2.31. The van der Waals surface area contributed by atoms with Crippen molar-refractivity contribution in [1.29, 1.82) is 0 Å². The highest BCUT2D eigenvalue weighted by atomic mass is 35.5. The van der Waals surface area contributed by atoms with Crippen LogP contribution in [0.25, 0.3) is 11.0 Å². The van der Waals surface area contributed by atoms with Crippen molar-refractivity contribution < 1.29 is 10.2 Å². The topological polar surface area (TPSA) is 75.1 Å². The third-order valence-corrected chi connectivity index (χ3v) is 11.7. The molecule has 2 aliphatic rings. The summed E-state index contributed by atoms with van der Waals surface area (Å²) in [5.41, 5.74) is 6.17. The molecule has 2 fully saturated rings. The number of rotatable bonds is 6. The van der Waals surface area contributed by atoms with Crippen LogP contribution in [0, 0.1) is 11.8 Å². The van der Waals surface area contributed by atoms with Crippen molar-refractivity contribution in [2.24, 2.45) is 11.8 Å². The first-order chi connectivity index (χ1) is 24.2. The monoisotopic (exact) mass is 748 g/mol. The summed E-state index contributed by atoms with van der Waals surface area (Å²) < 4.78 is 3.86. The van der Waals surface area contributed by atoms with E-state index in [4.69, 9.17) is 46.4 Å². The lowest BCUT2D eigenvalue weighted by Gasteiger charge is -2.32. The third kappa shape index (κ3) is 7.86. The van der Waals surface area contributed by atoms with Gasteiger partial charge < -0.3 is 19.0 Å². The van der Waals surface area contributed by atoms with Gasteiger partial charge in [0.1, 0.15) is 0 Å². The van der Waals surface area contributed by atoms with Crippen molar-refractivity contribution in [2.45, 2.75) is 75.4 Å². The van der Waals surface area contributed by atoms with Gasteiger partial charge in [-0.05, 0) is 135 Å². The van der Waals surface area contributed by atoms with E-state index in [9.17, 15) is 10.2 Å². The number of aromatic nitrogens is 4. The molecule has 0 saturated heterocycles. The largest absolute Gasteiger partial charge is 0.387 e. The van der Waals surface area contributed by atoms with Gasteiger partial charge in [-0.25, -0.2) is 9.97 Å². The minimum absolute atomic E-state index is 0.243. The van der Waals surface area contributed by atoms with Gasteiger partial charge in [-0.1, -0.05) is 70.7 Å². The van der Waals surface area contributed by atoms with E-state index >= 15 is 0 Å². The number of aliphatic hydroxyl groups excluding tert-OH is 2. The summed E-state index contributed by atoms with van der Waals surface area (Å²) in [5, 5.41) is 24.7. The lowest BCUT2D eigenvalue weighted by atomic mass is 9.76. The first-order valence-electron chi connectivity index (χ1n) is 17.3. The van der Waals surface area contributed by atoms with Gasteiger partial charge in [0.05, 0.1) is 59.7 Å². The summed E-state index contributed by atoms with van der Waals surface area (Å²) in [4.78, 5) is 8.34. The van der Waals surface area contributed by atoms with Crippen molar-refractivity contribution in [1.82, 2.24) is 18.8 Å². The Labute approximate surface area is 312 Å². The summed E-state index contributed by atoms with van der Waals surface area (Å²) in [6, 6.07) is 23.7. The van der Waals surface area contributed by atoms with Crippen LogP contribution in [0.2, 0.25) is 20.1 Å². The Morgan fingerprint density at radius 2 is 0.860 bits per heavy atom. The zero-order valence-electron chi connectivity index (χ0n) is 27.6. The van der Waals surface area contributed by atoms with Crippen LogP contribution in [0.5, 0.6) is 0 Å². The van der Waals surface area contributed by atoms with E-state index < -0.39 is 12.2 Å². The number of pyridine rings is 2. The van der Waals surface area contributed by atoms with E-state index in [-0.39, 0.29) is 11.8 Å². The second kappa shape index (κ2) is 15.6. The van der Waals surface area contributed by atoms with Crippen LogP contribution in [0.4, 0.5) is 0 Å². The van der Waals surface area contributed by atoms with Crippen LogP contribution < -0.4 is 0 Å². The Bertz CT molecular complexity index is 1880. The molecule has 6 nitrogen and oxygen atoms in total. The molecule has 2 saturated carbocycles. The quantitative estimate of drug-likeness (QED) is 0.178. The molecule has 6 aromatic rings. The van der Waals surface area contributed by atoms with E-state index in [1.165, 1.54) is 11.1 Å². The second-order valence-corrected chi connectivity index (χ2v) is 15.5. The average molecular weight is 751 g/mol. The molecule has 4 aromatic heterocycles. The zero-order chi connectivity index (χ0) is 34.8. The SMILES string of the molecule is O[C@@H](c1cc(Cl)cc2cncn12)C1CCC(c2ccc(Cl)cc2)CC1.O[C@H](c1cc(Cl)cc2cncn12)C1CCC(c2ccc(Cl)cc2)CC1. The highest BCUT2D eigenvalue weighted by molar-refractivity contribution is 6.31. The van der Waals surface area contributed by atoms with Crippen LogP contribution in [0.3, 0.4) is 0 Å². The normalized spacial score (nSPS) is 22.2. The number of fused-ring (bicyclic) bond motifs is 2. The lowest BCUT2D eigenvalue weighted by molar-refractivity contribution is 0.0761. The minimum Gasteiger partial charge on any atom is -0.387 e. The first kappa shape index (κ1) is 35.3. The second-order valence-electron chi connectivity index (χ2n) is 13.8. The Kier molecular flexibility index (Phi) is 11.1. The van der Waals surface area contributed by atoms with E-state index in [0.29, 0.717) is 21.9 Å². The third-order valence-electron chi connectivity index (χ3n) is 10.8. The van der Waals surface area contributed by atoms with Crippen molar-refractivity contribution in [3.8, 4) is 0 Å². The van der Waals surface area contributed by atoms with Crippen LogP contribution >= 0.6 is 46.4 Å². The van der Waals surface area contributed by atoms with Gasteiger partial charge >= 0.3 is 0 Å². The Balaban J connectivity index is 0.000000157. The molecule has 2 aliphatic carbocycles. The average Bonchev–Trinajstić information content (AvgIpc) is 3.81. The van der Waals surface area contributed by atoms with Gasteiger partial charge in [-0.3, -0.25) is 0 Å². The van der Waals surface area contributed by atoms with Crippen LogP contribution in [-0.4, -0.2) is 29.0 Å². The minimum atomic E-state index is -0.526. The fraction of sp³-hybridized carbons (Fsp3) is 0.350. The van der Waals surface area contributed by atoms with Crippen molar-refractivity contribution >= 4 is 57.4 Å². The summed E-state index contributed by atoms with van der Waals surface area (Å²) in [6.45, 7) is 0. The van der Waals surface area contributed by atoms with Gasteiger partial charge in [0.25, 0.3) is 0 Å².